The topological polar surface area (TPSA) is 42.9 Å². The van der Waals surface area contributed by atoms with Gasteiger partial charge in [0.25, 0.3) is 0 Å². The summed E-state index contributed by atoms with van der Waals surface area (Å²) < 4.78 is 35.8. The molecule has 15 heavy (non-hydrogen) atoms. The first kappa shape index (κ1) is 12.0. The summed E-state index contributed by atoms with van der Waals surface area (Å²) in [6, 6.07) is 1.30. The molecule has 3 nitrogen and oxygen atoms in total. The number of alkyl halides is 3. The van der Waals surface area contributed by atoms with Gasteiger partial charge in [-0.3, -0.25) is 4.79 Å². The lowest BCUT2D eigenvalue weighted by Crippen LogP contribution is -2.25. The Labute approximate surface area is 88.1 Å². The quantitative estimate of drug-likeness (QED) is 0.593. The van der Waals surface area contributed by atoms with Gasteiger partial charge in [0.1, 0.15) is 0 Å². The van der Waals surface area contributed by atoms with Crippen LogP contribution in [-0.2, 0) is 11.2 Å². The van der Waals surface area contributed by atoms with Gasteiger partial charge in [-0.15, -0.1) is 0 Å². The third-order valence-corrected chi connectivity index (χ3v) is 2.09. The molecular formula is C8H7F3N2OS. The molecule has 82 valence electrons. The van der Waals surface area contributed by atoms with Crippen LogP contribution in [0.25, 0.3) is 0 Å². The molecule has 1 heterocycles. The van der Waals surface area contributed by atoms with Crippen molar-refractivity contribution in [2.75, 3.05) is 6.26 Å². The van der Waals surface area contributed by atoms with E-state index in [1.807, 2.05) is 0 Å². The summed E-state index contributed by atoms with van der Waals surface area (Å²) >= 11 is 1.20. The first-order chi connectivity index (χ1) is 6.93. The van der Waals surface area contributed by atoms with Gasteiger partial charge in [0.15, 0.2) is 5.16 Å². The summed E-state index contributed by atoms with van der Waals surface area (Å²) in [5.41, 5.74) is 0.0803. The monoisotopic (exact) mass is 236 g/mol. The lowest BCUT2D eigenvalue weighted by atomic mass is 10.2. The minimum atomic E-state index is -4.80. The van der Waals surface area contributed by atoms with Gasteiger partial charge >= 0.3 is 6.18 Å². The van der Waals surface area contributed by atoms with Crippen molar-refractivity contribution < 1.29 is 18.0 Å². The number of hydrogen-bond acceptors (Lipinski definition) is 4. The summed E-state index contributed by atoms with van der Waals surface area (Å²) in [7, 11) is 0. The molecule has 0 unspecified atom stereocenters. The molecule has 0 atom stereocenters. The van der Waals surface area contributed by atoms with Crippen molar-refractivity contribution in [2.45, 2.75) is 17.8 Å². The fraction of sp³-hybridized carbons (Fsp3) is 0.375. The Morgan fingerprint density at radius 2 is 2.20 bits per heavy atom. The highest BCUT2D eigenvalue weighted by Crippen LogP contribution is 2.18. The van der Waals surface area contributed by atoms with Crippen LogP contribution in [-0.4, -0.2) is 28.2 Å². The van der Waals surface area contributed by atoms with E-state index in [0.29, 0.717) is 5.16 Å². The fourth-order valence-electron chi connectivity index (χ4n) is 0.838. The summed E-state index contributed by atoms with van der Waals surface area (Å²) in [6.45, 7) is 0. The van der Waals surface area contributed by atoms with Crippen LogP contribution in [0.3, 0.4) is 0 Å². The van der Waals surface area contributed by atoms with Crippen LogP contribution in [0, 0.1) is 0 Å². The average Bonchev–Trinajstić information content (AvgIpc) is 2.16. The largest absolute Gasteiger partial charge is 0.450 e. The standard InChI is InChI=1S/C8H7F3N2OS/c1-15-7-12-3-2-5(13-7)4-6(14)8(9,10)11/h2-3H,4H2,1H3. The molecule has 0 aromatic carbocycles. The number of Topliss-reactive ketones (excluding diaryl/α,β-unsaturated/α-hetero) is 1. The summed E-state index contributed by atoms with van der Waals surface area (Å²) in [5, 5.41) is 0.350. The summed E-state index contributed by atoms with van der Waals surface area (Å²) in [5.74, 6) is -1.80. The van der Waals surface area contributed by atoms with E-state index >= 15 is 0 Å². The molecule has 0 saturated carbocycles. The number of rotatable bonds is 3. The SMILES string of the molecule is CSc1nccc(CC(=O)C(F)(F)F)n1. The molecule has 1 aromatic heterocycles. The van der Waals surface area contributed by atoms with E-state index in [2.05, 4.69) is 9.97 Å². The van der Waals surface area contributed by atoms with E-state index in [-0.39, 0.29) is 5.69 Å². The highest BCUT2D eigenvalue weighted by molar-refractivity contribution is 7.98. The average molecular weight is 236 g/mol. The van der Waals surface area contributed by atoms with E-state index in [4.69, 9.17) is 0 Å². The second-order valence-electron chi connectivity index (χ2n) is 2.63. The zero-order valence-corrected chi connectivity index (χ0v) is 8.52. The number of ketones is 1. The second-order valence-corrected chi connectivity index (χ2v) is 3.41. The fourth-order valence-corrected chi connectivity index (χ4v) is 1.21. The van der Waals surface area contributed by atoms with Crippen LogP contribution in [0.15, 0.2) is 17.4 Å². The Balaban J connectivity index is 2.77. The zero-order chi connectivity index (χ0) is 11.5. The number of halogens is 3. The summed E-state index contributed by atoms with van der Waals surface area (Å²) in [6.07, 6.45) is -2.51. The Hall–Kier alpha value is -1.11. The molecule has 0 aliphatic heterocycles. The molecule has 0 aliphatic rings. The number of hydrogen-bond donors (Lipinski definition) is 0. The number of thioether (sulfide) groups is 1. The minimum absolute atomic E-state index is 0.0803. The van der Waals surface area contributed by atoms with E-state index in [0.717, 1.165) is 0 Å². The first-order valence-electron chi connectivity index (χ1n) is 3.89. The van der Waals surface area contributed by atoms with Crippen molar-refractivity contribution in [2.24, 2.45) is 0 Å². The van der Waals surface area contributed by atoms with Gasteiger partial charge in [-0.25, -0.2) is 9.97 Å². The van der Waals surface area contributed by atoms with Crippen LogP contribution in [0.2, 0.25) is 0 Å². The third kappa shape index (κ3) is 3.50. The number of carbonyl (C=O) groups excluding carboxylic acids is 1. The van der Waals surface area contributed by atoms with Crippen molar-refractivity contribution in [1.82, 2.24) is 9.97 Å². The van der Waals surface area contributed by atoms with Gasteiger partial charge in [0.2, 0.25) is 5.78 Å². The smallest absolute Gasteiger partial charge is 0.289 e. The highest BCUT2D eigenvalue weighted by Gasteiger charge is 2.38. The predicted octanol–water partition coefficient (Wildman–Crippen LogP) is 1.87. The predicted molar refractivity (Wildman–Crippen MR) is 48.6 cm³/mol. The molecule has 0 saturated heterocycles. The molecule has 7 heteroatoms. The van der Waals surface area contributed by atoms with E-state index in [9.17, 15) is 18.0 Å². The molecule has 1 rings (SSSR count). The maximum atomic E-state index is 11.9. The zero-order valence-electron chi connectivity index (χ0n) is 7.71. The molecule has 1 aromatic rings. The Morgan fingerprint density at radius 3 is 2.73 bits per heavy atom. The lowest BCUT2D eigenvalue weighted by molar-refractivity contribution is -0.170. The number of carbonyl (C=O) groups is 1. The first-order valence-corrected chi connectivity index (χ1v) is 5.12. The molecule has 0 radical (unpaired) electrons. The maximum absolute atomic E-state index is 11.9. The highest BCUT2D eigenvalue weighted by atomic mass is 32.2. The Morgan fingerprint density at radius 1 is 1.53 bits per heavy atom. The Bertz CT molecular complexity index is 367. The van der Waals surface area contributed by atoms with Crippen LogP contribution in [0.1, 0.15) is 5.69 Å². The second kappa shape index (κ2) is 4.61. The van der Waals surface area contributed by atoms with Crippen molar-refractivity contribution in [3.63, 3.8) is 0 Å². The van der Waals surface area contributed by atoms with Gasteiger partial charge in [0.05, 0.1) is 12.1 Å². The van der Waals surface area contributed by atoms with Crippen LogP contribution >= 0.6 is 11.8 Å². The van der Waals surface area contributed by atoms with Gasteiger partial charge in [-0.2, -0.15) is 13.2 Å². The molecule has 0 fully saturated rings. The molecule has 0 bridgehead atoms. The van der Waals surface area contributed by atoms with Crippen molar-refractivity contribution in [3.8, 4) is 0 Å². The van der Waals surface area contributed by atoms with Gasteiger partial charge in [-0.1, -0.05) is 11.8 Å². The Kier molecular flexibility index (Phi) is 3.67. The van der Waals surface area contributed by atoms with E-state index in [1.165, 1.54) is 24.0 Å². The van der Waals surface area contributed by atoms with Gasteiger partial charge in [0, 0.05) is 6.20 Å². The molecule has 0 amide bonds. The number of nitrogens with zero attached hydrogens (tertiary/aromatic N) is 2. The third-order valence-electron chi connectivity index (χ3n) is 1.53. The van der Waals surface area contributed by atoms with Crippen LogP contribution in [0.5, 0.6) is 0 Å². The van der Waals surface area contributed by atoms with E-state index in [1.54, 1.807) is 6.26 Å². The molecular weight excluding hydrogens is 229 g/mol. The van der Waals surface area contributed by atoms with Crippen LogP contribution < -0.4 is 0 Å². The number of aromatic nitrogens is 2. The molecule has 0 spiro atoms. The minimum Gasteiger partial charge on any atom is -0.289 e. The van der Waals surface area contributed by atoms with Gasteiger partial charge in [-0.05, 0) is 12.3 Å². The molecule has 0 aliphatic carbocycles. The maximum Gasteiger partial charge on any atom is 0.450 e. The van der Waals surface area contributed by atoms with Crippen LogP contribution in [0.4, 0.5) is 13.2 Å². The van der Waals surface area contributed by atoms with Gasteiger partial charge < -0.3 is 0 Å². The van der Waals surface area contributed by atoms with Crippen molar-refractivity contribution in [1.29, 1.82) is 0 Å². The summed E-state index contributed by atoms with van der Waals surface area (Å²) in [4.78, 5) is 18.2. The normalized spacial score (nSPS) is 11.5. The molecule has 0 N–H and O–H groups in total. The van der Waals surface area contributed by atoms with Crippen molar-refractivity contribution >= 4 is 17.5 Å². The van der Waals surface area contributed by atoms with Crippen molar-refractivity contribution in [3.05, 3.63) is 18.0 Å². The van der Waals surface area contributed by atoms with E-state index < -0.39 is 18.4 Å². The lowest BCUT2D eigenvalue weighted by Gasteiger charge is -2.04.